The molecule has 0 saturated heterocycles. The molecule has 29 heavy (non-hydrogen) atoms. The summed E-state index contributed by atoms with van der Waals surface area (Å²) >= 11 is 0. The second-order valence-corrected chi connectivity index (χ2v) is 8.36. The Balaban J connectivity index is 1.70. The van der Waals surface area contributed by atoms with Crippen molar-refractivity contribution in [2.24, 2.45) is 5.92 Å². The summed E-state index contributed by atoms with van der Waals surface area (Å²) in [4.78, 5) is 24.4. The maximum atomic E-state index is 12.6. The topological polar surface area (TPSA) is 84.2 Å². The van der Waals surface area contributed by atoms with Gasteiger partial charge in [0.15, 0.2) is 0 Å². The Morgan fingerprint density at radius 3 is 2.45 bits per heavy atom. The van der Waals surface area contributed by atoms with E-state index in [1.165, 1.54) is 6.20 Å². The number of carboxylic acids is 1. The molecule has 0 aliphatic carbocycles. The lowest BCUT2D eigenvalue weighted by atomic mass is 9.97. The standard InChI is InChI=1S/C23H27N3O3/c1-15-20(14-25-26(15)23(2,3)4)21(27)24-13-19(22(28)29)12-16-9-10-17-7-5-6-8-18(17)11-16/h5-11,14,19H,12-13H2,1-4H3,(H,24,27)(H,28,29). The minimum absolute atomic E-state index is 0.0567. The van der Waals surface area contributed by atoms with Gasteiger partial charge >= 0.3 is 5.97 Å². The highest BCUT2D eigenvalue weighted by Crippen LogP contribution is 2.20. The number of carbonyl (C=O) groups excluding carboxylic acids is 1. The highest BCUT2D eigenvalue weighted by molar-refractivity contribution is 5.95. The first-order valence-corrected chi connectivity index (χ1v) is 9.70. The lowest BCUT2D eigenvalue weighted by molar-refractivity contribution is -0.141. The smallest absolute Gasteiger partial charge is 0.308 e. The van der Waals surface area contributed by atoms with Crippen molar-refractivity contribution in [2.45, 2.75) is 39.7 Å². The van der Waals surface area contributed by atoms with E-state index in [1.807, 2.05) is 70.2 Å². The molecular formula is C23H27N3O3. The highest BCUT2D eigenvalue weighted by atomic mass is 16.4. The van der Waals surface area contributed by atoms with Crippen molar-refractivity contribution in [3.8, 4) is 0 Å². The van der Waals surface area contributed by atoms with E-state index >= 15 is 0 Å². The van der Waals surface area contributed by atoms with Crippen molar-refractivity contribution in [3.63, 3.8) is 0 Å². The summed E-state index contributed by atoms with van der Waals surface area (Å²) in [6.45, 7) is 7.94. The van der Waals surface area contributed by atoms with Gasteiger partial charge in [0, 0.05) is 12.2 Å². The summed E-state index contributed by atoms with van der Waals surface area (Å²) < 4.78 is 1.80. The molecule has 1 amide bonds. The number of amides is 1. The Kier molecular flexibility index (Phi) is 5.73. The number of carbonyl (C=O) groups is 2. The van der Waals surface area contributed by atoms with E-state index in [0.29, 0.717) is 12.0 Å². The molecular weight excluding hydrogens is 366 g/mol. The number of aromatic nitrogens is 2. The third kappa shape index (κ3) is 4.65. The Hall–Kier alpha value is -3.15. The molecule has 1 aromatic heterocycles. The van der Waals surface area contributed by atoms with Gasteiger partial charge in [-0.05, 0) is 50.5 Å². The third-order valence-electron chi connectivity index (χ3n) is 5.04. The molecule has 2 aromatic carbocycles. The van der Waals surface area contributed by atoms with E-state index in [4.69, 9.17) is 0 Å². The minimum atomic E-state index is -0.930. The van der Waals surface area contributed by atoms with Gasteiger partial charge in [0.25, 0.3) is 5.91 Å². The minimum Gasteiger partial charge on any atom is -0.481 e. The molecule has 1 heterocycles. The molecule has 152 valence electrons. The molecule has 0 aliphatic rings. The van der Waals surface area contributed by atoms with Crippen LogP contribution in [0.4, 0.5) is 0 Å². The molecule has 0 spiro atoms. The van der Waals surface area contributed by atoms with Crippen LogP contribution in [-0.2, 0) is 16.8 Å². The third-order valence-corrected chi connectivity index (χ3v) is 5.04. The summed E-state index contributed by atoms with van der Waals surface area (Å²) in [6, 6.07) is 13.9. The van der Waals surface area contributed by atoms with Crippen LogP contribution in [0.1, 0.15) is 42.4 Å². The molecule has 3 rings (SSSR count). The van der Waals surface area contributed by atoms with Gasteiger partial charge in [0.1, 0.15) is 0 Å². The van der Waals surface area contributed by atoms with Gasteiger partial charge in [-0.25, -0.2) is 0 Å². The molecule has 0 fully saturated rings. The van der Waals surface area contributed by atoms with E-state index in [1.54, 1.807) is 4.68 Å². The molecule has 1 atom stereocenters. The van der Waals surface area contributed by atoms with E-state index in [2.05, 4.69) is 10.4 Å². The average Bonchev–Trinajstić information content (AvgIpc) is 3.06. The van der Waals surface area contributed by atoms with Gasteiger partial charge in [-0.15, -0.1) is 0 Å². The van der Waals surface area contributed by atoms with Crippen LogP contribution in [0, 0.1) is 12.8 Å². The van der Waals surface area contributed by atoms with Crippen LogP contribution in [0.5, 0.6) is 0 Å². The number of rotatable bonds is 6. The van der Waals surface area contributed by atoms with E-state index < -0.39 is 11.9 Å². The number of nitrogens with one attached hydrogen (secondary N) is 1. The number of carboxylic acid groups (broad SMARTS) is 1. The number of nitrogens with zero attached hydrogens (tertiary/aromatic N) is 2. The van der Waals surface area contributed by atoms with Crippen molar-refractivity contribution in [2.75, 3.05) is 6.54 Å². The molecule has 3 aromatic rings. The Labute approximate surface area is 170 Å². The average molecular weight is 393 g/mol. The molecule has 0 aliphatic heterocycles. The lowest BCUT2D eigenvalue weighted by Crippen LogP contribution is -2.34. The van der Waals surface area contributed by atoms with Crippen LogP contribution in [0.2, 0.25) is 0 Å². The Bertz CT molecular complexity index is 1050. The highest BCUT2D eigenvalue weighted by Gasteiger charge is 2.23. The fourth-order valence-corrected chi connectivity index (χ4v) is 3.52. The molecule has 0 saturated carbocycles. The Morgan fingerprint density at radius 1 is 1.14 bits per heavy atom. The summed E-state index contributed by atoms with van der Waals surface area (Å²) in [7, 11) is 0. The maximum Gasteiger partial charge on any atom is 0.308 e. The molecule has 6 nitrogen and oxygen atoms in total. The van der Waals surface area contributed by atoms with Crippen LogP contribution in [0.25, 0.3) is 10.8 Å². The molecule has 6 heteroatoms. The van der Waals surface area contributed by atoms with Gasteiger partial charge in [-0.2, -0.15) is 5.10 Å². The van der Waals surface area contributed by atoms with E-state index in [9.17, 15) is 14.7 Å². The number of hydrogen-bond donors (Lipinski definition) is 2. The fraction of sp³-hybridized carbons (Fsp3) is 0.348. The second-order valence-electron chi connectivity index (χ2n) is 8.36. The van der Waals surface area contributed by atoms with Gasteiger partial charge < -0.3 is 10.4 Å². The van der Waals surface area contributed by atoms with Gasteiger partial charge in [0.05, 0.1) is 23.2 Å². The van der Waals surface area contributed by atoms with Gasteiger partial charge in [-0.3, -0.25) is 14.3 Å². The summed E-state index contributed by atoms with van der Waals surface area (Å²) in [5, 5.41) is 18.9. The van der Waals surface area contributed by atoms with Crippen molar-refractivity contribution >= 4 is 22.6 Å². The summed E-state index contributed by atoms with van der Waals surface area (Å²) in [5.74, 6) is -1.94. The predicted octanol–water partition coefficient (Wildman–Crippen LogP) is 3.77. The summed E-state index contributed by atoms with van der Waals surface area (Å²) in [5.41, 5.74) is 1.93. The SMILES string of the molecule is Cc1c(C(=O)NCC(Cc2ccc3ccccc3c2)C(=O)O)cnn1C(C)(C)C. The molecule has 0 radical (unpaired) electrons. The first-order chi connectivity index (χ1) is 13.7. The van der Waals surface area contributed by atoms with Crippen molar-refractivity contribution < 1.29 is 14.7 Å². The van der Waals surface area contributed by atoms with Crippen LogP contribution in [-0.4, -0.2) is 33.3 Å². The van der Waals surface area contributed by atoms with Crippen molar-refractivity contribution in [1.29, 1.82) is 0 Å². The first kappa shape index (κ1) is 20.6. The zero-order valence-electron chi connectivity index (χ0n) is 17.3. The zero-order chi connectivity index (χ0) is 21.2. The molecule has 2 N–H and O–H groups in total. The van der Waals surface area contributed by atoms with E-state index in [0.717, 1.165) is 22.0 Å². The molecule has 0 bridgehead atoms. The quantitative estimate of drug-likeness (QED) is 0.668. The number of benzene rings is 2. The number of hydrogen-bond acceptors (Lipinski definition) is 3. The summed E-state index contributed by atoms with van der Waals surface area (Å²) in [6.07, 6.45) is 1.88. The first-order valence-electron chi connectivity index (χ1n) is 9.70. The van der Waals surface area contributed by atoms with Crippen LogP contribution in [0.3, 0.4) is 0 Å². The van der Waals surface area contributed by atoms with E-state index in [-0.39, 0.29) is 18.0 Å². The molecule has 1 unspecified atom stereocenters. The van der Waals surface area contributed by atoms with Crippen molar-refractivity contribution in [3.05, 3.63) is 65.5 Å². The number of aliphatic carboxylic acids is 1. The van der Waals surface area contributed by atoms with Crippen LogP contribution >= 0.6 is 0 Å². The largest absolute Gasteiger partial charge is 0.481 e. The number of fused-ring (bicyclic) bond motifs is 1. The van der Waals surface area contributed by atoms with Gasteiger partial charge in [0.2, 0.25) is 0 Å². The van der Waals surface area contributed by atoms with Crippen molar-refractivity contribution in [1.82, 2.24) is 15.1 Å². The van der Waals surface area contributed by atoms with Gasteiger partial charge in [-0.1, -0.05) is 42.5 Å². The predicted molar refractivity (Wildman–Crippen MR) is 113 cm³/mol. The zero-order valence-corrected chi connectivity index (χ0v) is 17.3. The monoisotopic (exact) mass is 393 g/mol. The van der Waals surface area contributed by atoms with Crippen LogP contribution < -0.4 is 5.32 Å². The Morgan fingerprint density at radius 2 is 1.83 bits per heavy atom. The van der Waals surface area contributed by atoms with Crippen LogP contribution in [0.15, 0.2) is 48.7 Å². The maximum absolute atomic E-state index is 12.6. The fourth-order valence-electron chi connectivity index (χ4n) is 3.52. The second kappa shape index (κ2) is 8.07. The normalized spacial score (nSPS) is 12.7. The lowest BCUT2D eigenvalue weighted by Gasteiger charge is -2.21.